The minimum Gasteiger partial charge on any atom is -0.496 e. The van der Waals surface area contributed by atoms with E-state index < -0.39 is 9.04 Å². The average Bonchev–Trinajstić information content (AvgIpc) is 2.68. The summed E-state index contributed by atoms with van der Waals surface area (Å²) in [6.45, 7) is 21.4. The van der Waals surface area contributed by atoms with Crippen molar-refractivity contribution in [3.05, 3.63) is 41.0 Å². The van der Waals surface area contributed by atoms with Crippen LogP contribution < -0.4 is 10.1 Å². The summed E-state index contributed by atoms with van der Waals surface area (Å²) in [7, 11) is 0.933. The molecule has 2 rings (SSSR count). The van der Waals surface area contributed by atoms with Gasteiger partial charge in [0.1, 0.15) is 11.6 Å². The van der Waals surface area contributed by atoms with Crippen LogP contribution in [0, 0.1) is 5.41 Å². The molecule has 1 aromatic heterocycles. The Hall–Kier alpha value is -1.85. The van der Waals surface area contributed by atoms with Gasteiger partial charge in [0.25, 0.3) is 0 Å². The van der Waals surface area contributed by atoms with Gasteiger partial charge in [-0.05, 0) is 59.7 Å². The maximum atomic E-state index is 6.19. The Morgan fingerprint density at radius 2 is 1.74 bits per heavy atom. The molecule has 5 heteroatoms. The molecule has 0 unspecified atom stereocenters. The van der Waals surface area contributed by atoms with Gasteiger partial charge in [-0.15, -0.1) is 0 Å². The summed E-state index contributed by atoms with van der Waals surface area (Å²) in [5, 5.41) is 3.48. The molecule has 0 fully saturated rings. The minimum absolute atomic E-state index is 0.00618. The predicted molar refractivity (Wildman–Crippen MR) is 135 cm³/mol. The Labute approximate surface area is 191 Å². The maximum absolute atomic E-state index is 6.19. The molecular formula is C26H41N2O2Si. The fourth-order valence-corrected chi connectivity index (χ4v) is 4.24. The number of pyridine rings is 1. The van der Waals surface area contributed by atoms with E-state index in [9.17, 15) is 0 Å². The van der Waals surface area contributed by atoms with Gasteiger partial charge in [-0.25, -0.2) is 4.98 Å². The monoisotopic (exact) mass is 441 g/mol. The second kappa shape index (κ2) is 10.2. The lowest BCUT2D eigenvalue weighted by Gasteiger charge is -2.29. The van der Waals surface area contributed by atoms with Crippen LogP contribution in [0.2, 0.25) is 13.1 Å². The third-order valence-electron chi connectivity index (χ3n) is 5.13. The highest BCUT2D eigenvalue weighted by molar-refractivity contribution is 6.48. The zero-order valence-electron chi connectivity index (χ0n) is 21.2. The number of methoxy groups -OCH3 is 1. The molecule has 4 nitrogen and oxygen atoms in total. The molecule has 2 aromatic rings. The van der Waals surface area contributed by atoms with Gasteiger partial charge in [-0.2, -0.15) is 0 Å². The second-order valence-corrected chi connectivity index (χ2v) is 12.7. The van der Waals surface area contributed by atoms with E-state index in [0.717, 1.165) is 41.4 Å². The summed E-state index contributed by atoms with van der Waals surface area (Å²) in [5.41, 5.74) is 5.96. The summed E-state index contributed by atoms with van der Waals surface area (Å²) in [6, 6.07) is 8.42. The zero-order chi connectivity index (χ0) is 23.4. The third-order valence-corrected chi connectivity index (χ3v) is 5.85. The number of nitrogens with zero attached hydrogens (tertiary/aromatic N) is 1. The minimum atomic E-state index is -0.823. The first-order chi connectivity index (χ1) is 14.4. The van der Waals surface area contributed by atoms with Crippen molar-refractivity contribution in [1.29, 1.82) is 0 Å². The van der Waals surface area contributed by atoms with E-state index in [4.69, 9.17) is 14.1 Å². The normalized spacial score (nSPS) is 12.4. The van der Waals surface area contributed by atoms with Gasteiger partial charge >= 0.3 is 0 Å². The van der Waals surface area contributed by atoms with Crippen molar-refractivity contribution in [3.63, 3.8) is 0 Å². The highest BCUT2D eigenvalue weighted by Crippen LogP contribution is 2.42. The van der Waals surface area contributed by atoms with Crippen molar-refractivity contribution in [2.75, 3.05) is 19.0 Å². The van der Waals surface area contributed by atoms with Gasteiger partial charge in [0.2, 0.25) is 9.04 Å². The summed E-state index contributed by atoms with van der Waals surface area (Å²) < 4.78 is 12.2. The molecule has 1 aromatic carbocycles. The highest BCUT2D eigenvalue weighted by Gasteiger charge is 2.27. The molecule has 0 spiro atoms. The van der Waals surface area contributed by atoms with E-state index in [2.05, 4.69) is 85.1 Å². The number of aromatic nitrogens is 1. The van der Waals surface area contributed by atoms with Crippen LogP contribution in [0.4, 0.5) is 5.82 Å². The number of hydrogen-bond donors (Lipinski definition) is 1. The van der Waals surface area contributed by atoms with Crippen LogP contribution in [0.15, 0.2) is 24.3 Å². The van der Waals surface area contributed by atoms with Crippen LogP contribution in [0.25, 0.3) is 11.3 Å². The average molecular weight is 442 g/mol. The molecule has 0 saturated carbocycles. The molecule has 0 saturated heterocycles. The molecule has 31 heavy (non-hydrogen) atoms. The van der Waals surface area contributed by atoms with Gasteiger partial charge < -0.3 is 14.5 Å². The second-order valence-electron chi connectivity index (χ2n) is 10.6. The molecular weight excluding hydrogens is 400 g/mol. The van der Waals surface area contributed by atoms with Crippen molar-refractivity contribution < 1.29 is 9.16 Å². The molecule has 0 aliphatic carbocycles. The van der Waals surface area contributed by atoms with E-state index in [1.165, 1.54) is 11.1 Å². The van der Waals surface area contributed by atoms with E-state index in [1.54, 1.807) is 7.11 Å². The summed E-state index contributed by atoms with van der Waals surface area (Å²) in [6.07, 6.45) is 0.953. The molecule has 0 bridgehead atoms. The molecule has 171 valence electrons. The topological polar surface area (TPSA) is 43.4 Å². The first-order valence-electron chi connectivity index (χ1n) is 11.2. The first-order valence-corrected chi connectivity index (χ1v) is 13.7. The number of rotatable bonds is 8. The summed E-state index contributed by atoms with van der Waals surface area (Å²) in [4.78, 5) is 4.93. The first kappa shape index (κ1) is 25.4. The number of anilines is 1. The van der Waals surface area contributed by atoms with Crippen molar-refractivity contribution in [3.8, 4) is 17.0 Å². The fourth-order valence-electron chi connectivity index (χ4n) is 3.81. The molecule has 0 aliphatic heterocycles. The molecule has 0 atom stereocenters. The SMILES string of the molecule is CCc1cc(-c2cccc(NCC(C)(C)C)n2)c(OC)c(CO[Si](C)C)c1C(C)(C)C. The van der Waals surface area contributed by atoms with Crippen LogP contribution >= 0.6 is 0 Å². The van der Waals surface area contributed by atoms with Gasteiger partial charge in [0.05, 0.1) is 19.4 Å². The van der Waals surface area contributed by atoms with E-state index >= 15 is 0 Å². The smallest absolute Gasteiger partial charge is 0.205 e. The molecule has 0 amide bonds. The number of nitrogens with one attached hydrogen (secondary N) is 1. The van der Waals surface area contributed by atoms with Crippen LogP contribution in [0.5, 0.6) is 5.75 Å². The maximum Gasteiger partial charge on any atom is 0.205 e. The Morgan fingerprint density at radius 1 is 1.06 bits per heavy atom. The van der Waals surface area contributed by atoms with E-state index in [0.29, 0.717) is 6.61 Å². The third kappa shape index (κ3) is 6.81. The van der Waals surface area contributed by atoms with Crippen molar-refractivity contribution in [2.45, 2.75) is 80.0 Å². The Bertz CT molecular complexity index is 880. The van der Waals surface area contributed by atoms with Crippen molar-refractivity contribution in [1.82, 2.24) is 4.98 Å². The number of ether oxygens (including phenoxy) is 1. The fraction of sp³-hybridized carbons (Fsp3) is 0.577. The molecule has 0 aliphatic rings. The summed E-state index contributed by atoms with van der Waals surface area (Å²) in [5.74, 6) is 1.77. The Kier molecular flexibility index (Phi) is 8.34. The van der Waals surface area contributed by atoms with E-state index in [1.807, 2.05) is 6.07 Å². The number of benzene rings is 1. The predicted octanol–water partition coefficient (Wildman–Crippen LogP) is 6.84. The standard InChI is InChI=1S/C26H41N2O2Si/c1-11-18-15-19(21-13-12-14-22(28-21)27-17-25(2,3)4)24(29-8)20(16-30-31(9)10)23(18)26(5,6)7/h12-15H,11,16-17H2,1-10H3,(H,27,28). The van der Waals surface area contributed by atoms with Gasteiger partial charge in [-0.1, -0.05) is 54.5 Å². The molecule has 1 radical (unpaired) electrons. The number of aryl methyl sites for hydroxylation is 1. The van der Waals surface area contributed by atoms with Crippen molar-refractivity contribution >= 4 is 14.9 Å². The van der Waals surface area contributed by atoms with Crippen molar-refractivity contribution in [2.24, 2.45) is 5.41 Å². The largest absolute Gasteiger partial charge is 0.496 e. The van der Waals surface area contributed by atoms with Gasteiger partial charge in [0.15, 0.2) is 0 Å². The Balaban J connectivity index is 2.66. The zero-order valence-corrected chi connectivity index (χ0v) is 22.2. The lowest BCUT2D eigenvalue weighted by atomic mass is 9.78. The molecule has 1 N–H and O–H groups in total. The molecule has 1 heterocycles. The highest BCUT2D eigenvalue weighted by atomic mass is 28.3. The quantitative estimate of drug-likeness (QED) is 0.455. The number of hydrogen-bond acceptors (Lipinski definition) is 4. The summed E-state index contributed by atoms with van der Waals surface area (Å²) >= 11 is 0. The van der Waals surface area contributed by atoms with Crippen LogP contribution in [0.1, 0.15) is 65.2 Å². The van der Waals surface area contributed by atoms with Crippen LogP contribution in [-0.2, 0) is 22.9 Å². The Morgan fingerprint density at radius 3 is 2.26 bits per heavy atom. The lowest BCUT2D eigenvalue weighted by Crippen LogP contribution is -2.21. The van der Waals surface area contributed by atoms with Crippen LogP contribution in [0.3, 0.4) is 0 Å². The van der Waals surface area contributed by atoms with E-state index in [-0.39, 0.29) is 10.8 Å². The van der Waals surface area contributed by atoms with Gasteiger partial charge in [-0.3, -0.25) is 0 Å². The lowest BCUT2D eigenvalue weighted by molar-refractivity contribution is 0.299. The van der Waals surface area contributed by atoms with Gasteiger partial charge in [0, 0.05) is 17.7 Å². The van der Waals surface area contributed by atoms with Crippen LogP contribution in [-0.4, -0.2) is 27.7 Å².